The van der Waals surface area contributed by atoms with Crippen molar-refractivity contribution in [3.05, 3.63) is 69.4 Å². The number of rotatable bonds is 2. The van der Waals surface area contributed by atoms with E-state index in [2.05, 4.69) is 31.9 Å². The first-order valence-corrected chi connectivity index (χ1v) is 6.74. The number of hydrogen-bond donors (Lipinski definition) is 0. The van der Waals surface area contributed by atoms with Crippen molar-refractivity contribution < 1.29 is 13.2 Å². The van der Waals surface area contributed by atoms with E-state index in [1.54, 1.807) is 12.1 Å². The molecule has 0 nitrogen and oxygen atoms in total. The van der Waals surface area contributed by atoms with Crippen LogP contribution in [0.4, 0.5) is 13.2 Å². The van der Waals surface area contributed by atoms with Crippen LogP contribution >= 0.6 is 31.9 Å². The standard InChI is InChI=1S/C13H7Br2F3/c14-9-5-7(1-3-10(9)16)13(15)8-2-4-11(17)12(18)6-8/h1-6,13H. The Bertz CT molecular complexity index is 533. The highest BCUT2D eigenvalue weighted by Gasteiger charge is 2.14. The molecule has 94 valence electrons. The quantitative estimate of drug-likeness (QED) is 0.617. The summed E-state index contributed by atoms with van der Waals surface area (Å²) in [6, 6.07) is 8.16. The molecule has 0 saturated heterocycles. The number of benzene rings is 2. The van der Waals surface area contributed by atoms with Crippen LogP contribution in [0.15, 0.2) is 40.9 Å². The molecule has 0 N–H and O–H groups in total. The van der Waals surface area contributed by atoms with E-state index < -0.39 is 11.6 Å². The van der Waals surface area contributed by atoms with E-state index in [1.807, 2.05) is 0 Å². The van der Waals surface area contributed by atoms with Gasteiger partial charge >= 0.3 is 0 Å². The maximum Gasteiger partial charge on any atom is 0.159 e. The molecule has 2 aromatic carbocycles. The van der Waals surface area contributed by atoms with Crippen molar-refractivity contribution in [2.24, 2.45) is 0 Å². The van der Waals surface area contributed by atoms with Gasteiger partial charge in [-0.25, -0.2) is 13.2 Å². The topological polar surface area (TPSA) is 0 Å². The number of alkyl halides is 1. The molecule has 0 heterocycles. The molecule has 0 amide bonds. The van der Waals surface area contributed by atoms with Crippen LogP contribution in [0.2, 0.25) is 0 Å². The van der Waals surface area contributed by atoms with E-state index in [9.17, 15) is 13.2 Å². The van der Waals surface area contributed by atoms with Gasteiger partial charge < -0.3 is 0 Å². The van der Waals surface area contributed by atoms with Gasteiger partial charge in [0.1, 0.15) is 5.82 Å². The Hall–Kier alpha value is -0.810. The smallest absolute Gasteiger partial charge is 0.159 e. The van der Waals surface area contributed by atoms with Crippen LogP contribution in [0.25, 0.3) is 0 Å². The van der Waals surface area contributed by atoms with Gasteiger partial charge in [0.25, 0.3) is 0 Å². The molecule has 2 aromatic rings. The average molecular weight is 380 g/mol. The third-order valence-corrected chi connectivity index (χ3v) is 4.14. The Morgan fingerprint density at radius 1 is 0.778 bits per heavy atom. The molecule has 0 aliphatic heterocycles. The monoisotopic (exact) mass is 378 g/mol. The van der Waals surface area contributed by atoms with Crippen molar-refractivity contribution in [1.82, 2.24) is 0 Å². The molecular weight excluding hydrogens is 373 g/mol. The van der Waals surface area contributed by atoms with E-state index in [1.165, 1.54) is 12.1 Å². The lowest BCUT2D eigenvalue weighted by Crippen LogP contribution is -1.96. The van der Waals surface area contributed by atoms with Crippen molar-refractivity contribution in [3.8, 4) is 0 Å². The summed E-state index contributed by atoms with van der Waals surface area (Å²) in [5, 5.41) is 0. The summed E-state index contributed by atoms with van der Waals surface area (Å²) >= 11 is 6.46. The van der Waals surface area contributed by atoms with Crippen molar-refractivity contribution in [3.63, 3.8) is 0 Å². The molecule has 0 fully saturated rings. The van der Waals surface area contributed by atoms with Crippen molar-refractivity contribution >= 4 is 31.9 Å². The van der Waals surface area contributed by atoms with Crippen LogP contribution in [0.5, 0.6) is 0 Å². The second-order valence-electron chi connectivity index (χ2n) is 3.71. The van der Waals surface area contributed by atoms with Gasteiger partial charge in [-0.05, 0) is 51.3 Å². The molecule has 0 aliphatic rings. The molecular formula is C13H7Br2F3. The largest absolute Gasteiger partial charge is 0.206 e. The molecule has 0 aromatic heterocycles. The zero-order valence-electron chi connectivity index (χ0n) is 8.93. The minimum Gasteiger partial charge on any atom is -0.206 e. The molecule has 18 heavy (non-hydrogen) atoms. The Morgan fingerprint density at radius 3 is 1.89 bits per heavy atom. The summed E-state index contributed by atoms with van der Waals surface area (Å²) in [5.41, 5.74) is 1.31. The Morgan fingerprint density at radius 2 is 1.33 bits per heavy atom. The van der Waals surface area contributed by atoms with E-state index in [4.69, 9.17) is 0 Å². The first-order chi connectivity index (χ1) is 8.49. The SMILES string of the molecule is Fc1ccc(C(Br)c2ccc(F)c(Br)c2)cc1F. The molecule has 0 spiro atoms. The van der Waals surface area contributed by atoms with Crippen molar-refractivity contribution in [1.29, 1.82) is 0 Å². The highest BCUT2D eigenvalue weighted by Crippen LogP contribution is 2.33. The highest BCUT2D eigenvalue weighted by atomic mass is 79.9. The lowest BCUT2D eigenvalue weighted by atomic mass is 10.0. The average Bonchev–Trinajstić information content (AvgIpc) is 2.35. The fourth-order valence-corrected chi connectivity index (χ4v) is 2.50. The molecule has 1 unspecified atom stereocenters. The zero-order chi connectivity index (χ0) is 13.3. The third kappa shape index (κ3) is 2.78. The zero-order valence-corrected chi connectivity index (χ0v) is 12.1. The summed E-state index contributed by atoms with van der Waals surface area (Å²) in [6.45, 7) is 0. The molecule has 5 heteroatoms. The first-order valence-electron chi connectivity index (χ1n) is 5.03. The van der Waals surface area contributed by atoms with Crippen LogP contribution in [-0.2, 0) is 0 Å². The van der Waals surface area contributed by atoms with Crippen molar-refractivity contribution in [2.45, 2.75) is 4.83 Å². The van der Waals surface area contributed by atoms with Gasteiger partial charge in [-0.1, -0.05) is 28.1 Å². The normalized spacial score (nSPS) is 12.5. The van der Waals surface area contributed by atoms with Crippen LogP contribution in [-0.4, -0.2) is 0 Å². The Balaban J connectivity index is 2.37. The van der Waals surface area contributed by atoms with Crippen LogP contribution in [0.3, 0.4) is 0 Å². The first kappa shape index (κ1) is 13.6. The summed E-state index contributed by atoms with van der Waals surface area (Å²) in [4.78, 5) is -0.329. The van der Waals surface area contributed by atoms with E-state index in [0.29, 0.717) is 10.0 Å². The fourth-order valence-electron chi connectivity index (χ4n) is 1.53. The summed E-state index contributed by atoms with van der Waals surface area (Å²) < 4.78 is 39.4. The molecule has 0 bridgehead atoms. The maximum absolute atomic E-state index is 13.1. The van der Waals surface area contributed by atoms with Gasteiger partial charge in [-0.2, -0.15) is 0 Å². The van der Waals surface area contributed by atoms with Gasteiger partial charge in [-0.3, -0.25) is 0 Å². The Labute approximate surface area is 119 Å². The molecule has 0 aliphatic carbocycles. The predicted octanol–water partition coefficient (Wildman–Crippen LogP) is 5.35. The number of hydrogen-bond acceptors (Lipinski definition) is 0. The van der Waals surface area contributed by atoms with Crippen molar-refractivity contribution in [2.75, 3.05) is 0 Å². The van der Waals surface area contributed by atoms with Gasteiger partial charge in [0, 0.05) is 0 Å². The van der Waals surface area contributed by atoms with Crippen LogP contribution in [0, 0.1) is 17.5 Å². The summed E-state index contributed by atoms with van der Waals surface area (Å²) in [6.07, 6.45) is 0. The number of halogens is 5. The van der Waals surface area contributed by atoms with Gasteiger partial charge in [-0.15, -0.1) is 0 Å². The van der Waals surface area contributed by atoms with Gasteiger partial charge in [0.2, 0.25) is 0 Å². The lowest BCUT2D eigenvalue weighted by Gasteiger charge is -2.11. The lowest BCUT2D eigenvalue weighted by molar-refractivity contribution is 0.507. The van der Waals surface area contributed by atoms with E-state index in [-0.39, 0.29) is 10.6 Å². The fraction of sp³-hybridized carbons (Fsp3) is 0.0769. The highest BCUT2D eigenvalue weighted by molar-refractivity contribution is 9.10. The molecule has 0 radical (unpaired) electrons. The third-order valence-electron chi connectivity index (χ3n) is 2.47. The minimum atomic E-state index is -0.905. The summed E-state index contributed by atoms with van der Waals surface area (Å²) in [7, 11) is 0. The molecule has 0 saturated carbocycles. The molecule has 1 atom stereocenters. The second kappa shape index (κ2) is 5.45. The maximum atomic E-state index is 13.1. The van der Waals surface area contributed by atoms with Crippen LogP contribution < -0.4 is 0 Å². The van der Waals surface area contributed by atoms with E-state index >= 15 is 0 Å². The van der Waals surface area contributed by atoms with E-state index in [0.717, 1.165) is 17.7 Å². The summed E-state index contributed by atoms with van der Waals surface area (Å²) in [5.74, 6) is -2.17. The second-order valence-corrected chi connectivity index (χ2v) is 5.48. The predicted molar refractivity (Wildman–Crippen MR) is 71.2 cm³/mol. The van der Waals surface area contributed by atoms with Crippen LogP contribution in [0.1, 0.15) is 16.0 Å². The molecule has 2 rings (SSSR count). The van der Waals surface area contributed by atoms with Gasteiger partial charge in [0.05, 0.1) is 9.30 Å². The Kier molecular flexibility index (Phi) is 4.12. The van der Waals surface area contributed by atoms with Gasteiger partial charge in [0.15, 0.2) is 11.6 Å². The minimum absolute atomic E-state index is 0.326.